The molecular formula is C9H12N4S. The van der Waals surface area contributed by atoms with Crippen molar-refractivity contribution in [3.8, 4) is 0 Å². The lowest BCUT2D eigenvalue weighted by molar-refractivity contribution is 0.786. The zero-order chi connectivity index (χ0) is 9.97. The summed E-state index contributed by atoms with van der Waals surface area (Å²) < 4.78 is 4.03. The van der Waals surface area contributed by atoms with Gasteiger partial charge in [-0.2, -0.15) is 0 Å². The van der Waals surface area contributed by atoms with Crippen LogP contribution in [-0.2, 0) is 19.8 Å². The Bertz CT molecular complexity index is 378. The number of aromatic nitrogens is 4. The molecule has 0 saturated heterocycles. The molecule has 0 aromatic carbocycles. The van der Waals surface area contributed by atoms with Crippen LogP contribution in [-0.4, -0.2) is 19.1 Å². The van der Waals surface area contributed by atoms with E-state index in [4.69, 9.17) is 0 Å². The molecule has 2 aromatic rings. The quantitative estimate of drug-likeness (QED) is 0.716. The minimum absolute atomic E-state index is 0.856. The Hall–Kier alpha value is -1.23. The fourth-order valence-electron chi connectivity index (χ4n) is 1.16. The third-order valence-electron chi connectivity index (χ3n) is 2.03. The molecule has 0 saturated carbocycles. The van der Waals surface area contributed by atoms with Gasteiger partial charge < -0.3 is 9.13 Å². The van der Waals surface area contributed by atoms with Crippen molar-refractivity contribution in [1.82, 2.24) is 19.1 Å². The minimum Gasteiger partial charge on any atom is -0.337 e. The molecule has 5 heteroatoms. The molecule has 0 aliphatic heterocycles. The number of rotatable bonds is 3. The average Bonchev–Trinajstić information content (AvgIpc) is 2.72. The van der Waals surface area contributed by atoms with Crippen LogP contribution in [0.4, 0.5) is 0 Å². The monoisotopic (exact) mass is 208 g/mol. The van der Waals surface area contributed by atoms with E-state index in [0.29, 0.717) is 0 Å². The second-order valence-corrected chi connectivity index (χ2v) is 4.01. The second kappa shape index (κ2) is 3.88. The molecule has 0 atom stereocenters. The van der Waals surface area contributed by atoms with E-state index in [9.17, 15) is 0 Å². The summed E-state index contributed by atoms with van der Waals surface area (Å²) in [5.74, 6) is 1.92. The first-order valence-electron chi connectivity index (χ1n) is 4.33. The summed E-state index contributed by atoms with van der Waals surface area (Å²) in [6.07, 6.45) is 7.52. The van der Waals surface area contributed by atoms with Crippen molar-refractivity contribution in [1.29, 1.82) is 0 Å². The second-order valence-electron chi connectivity index (χ2n) is 3.06. The molecule has 0 unspecified atom stereocenters. The molecule has 14 heavy (non-hydrogen) atoms. The van der Waals surface area contributed by atoms with Crippen molar-refractivity contribution in [3.63, 3.8) is 0 Å². The van der Waals surface area contributed by atoms with Gasteiger partial charge in [0.1, 0.15) is 5.82 Å². The van der Waals surface area contributed by atoms with Crippen molar-refractivity contribution in [3.05, 3.63) is 30.6 Å². The molecule has 0 fully saturated rings. The van der Waals surface area contributed by atoms with Crippen molar-refractivity contribution < 1.29 is 0 Å². The average molecular weight is 208 g/mol. The van der Waals surface area contributed by atoms with Crippen LogP contribution in [0.5, 0.6) is 0 Å². The molecule has 74 valence electrons. The van der Waals surface area contributed by atoms with Crippen molar-refractivity contribution in [2.45, 2.75) is 10.9 Å². The van der Waals surface area contributed by atoms with Crippen LogP contribution in [0.1, 0.15) is 5.82 Å². The molecule has 2 rings (SSSR count). The van der Waals surface area contributed by atoms with E-state index in [1.165, 1.54) is 0 Å². The van der Waals surface area contributed by atoms with Crippen molar-refractivity contribution >= 4 is 11.8 Å². The van der Waals surface area contributed by atoms with Crippen LogP contribution >= 0.6 is 11.8 Å². The van der Waals surface area contributed by atoms with Gasteiger partial charge in [0.15, 0.2) is 5.16 Å². The predicted molar refractivity (Wildman–Crippen MR) is 56.0 cm³/mol. The molecule has 0 aliphatic rings. The number of thioether (sulfide) groups is 1. The van der Waals surface area contributed by atoms with Gasteiger partial charge in [0, 0.05) is 38.9 Å². The molecule has 4 nitrogen and oxygen atoms in total. The number of hydrogen-bond donors (Lipinski definition) is 0. The van der Waals surface area contributed by atoms with Crippen molar-refractivity contribution in [2.75, 3.05) is 0 Å². The van der Waals surface area contributed by atoms with Crippen LogP contribution < -0.4 is 0 Å². The van der Waals surface area contributed by atoms with Crippen LogP contribution in [0.2, 0.25) is 0 Å². The Morgan fingerprint density at radius 1 is 1.14 bits per heavy atom. The summed E-state index contributed by atoms with van der Waals surface area (Å²) in [6.45, 7) is 0. The van der Waals surface area contributed by atoms with Gasteiger partial charge >= 0.3 is 0 Å². The highest BCUT2D eigenvalue weighted by Crippen LogP contribution is 2.18. The fourth-order valence-corrected chi connectivity index (χ4v) is 2.09. The zero-order valence-corrected chi connectivity index (χ0v) is 9.03. The van der Waals surface area contributed by atoms with E-state index in [2.05, 4.69) is 9.97 Å². The van der Waals surface area contributed by atoms with E-state index in [1.54, 1.807) is 18.0 Å². The summed E-state index contributed by atoms with van der Waals surface area (Å²) in [5, 5.41) is 1.02. The Kier molecular flexibility index (Phi) is 2.58. The van der Waals surface area contributed by atoms with Crippen LogP contribution in [0.15, 0.2) is 29.9 Å². The van der Waals surface area contributed by atoms with E-state index in [0.717, 1.165) is 16.7 Å². The topological polar surface area (TPSA) is 35.6 Å². The Morgan fingerprint density at radius 2 is 1.86 bits per heavy atom. The van der Waals surface area contributed by atoms with E-state index < -0.39 is 0 Å². The summed E-state index contributed by atoms with van der Waals surface area (Å²) in [6, 6.07) is 0. The first kappa shape index (κ1) is 9.33. The lowest BCUT2D eigenvalue weighted by Gasteiger charge is -2.01. The maximum atomic E-state index is 4.25. The highest BCUT2D eigenvalue weighted by Gasteiger charge is 2.03. The number of imidazole rings is 2. The molecule has 0 spiro atoms. The summed E-state index contributed by atoms with van der Waals surface area (Å²) in [7, 11) is 4.00. The fraction of sp³-hybridized carbons (Fsp3) is 0.333. The Morgan fingerprint density at radius 3 is 2.43 bits per heavy atom. The smallest absolute Gasteiger partial charge is 0.168 e. The summed E-state index contributed by atoms with van der Waals surface area (Å²) >= 11 is 1.69. The molecule has 2 aromatic heterocycles. The molecule has 0 amide bonds. The van der Waals surface area contributed by atoms with E-state index >= 15 is 0 Å². The van der Waals surface area contributed by atoms with Gasteiger partial charge in [-0.15, -0.1) is 0 Å². The third kappa shape index (κ3) is 1.82. The van der Waals surface area contributed by atoms with Crippen LogP contribution in [0, 0.1) is 0 Å². The first-order chi connectivity index (χ1) is 6.77. The summed E-state index contributed by atoms with van der Waals surface area (Å²) in [5.41, 5.74) is 0. The Labute approximate surface area is 87.0 Å². The SMILES string of the molecule is Cn1ccnc1CSc1nccn1C. The standard InChI is InChI=1S/C9H12N4S/c1-12-5-3-10-8(12)7-14-9-11-4-6-13(9)2/h3-6H,7H2,1-2H3. The maximum Gasteiger partial charge on any atom is 0.168 e. The molecule has 0 bridgehead atoms. The highest BCUT2D eigenvalue weighted by molar-refractivity contribution is 7.98. The van der Waals surface area contributed by atoms with Gasteiger partial charge in [-0.25, -0.2) is 9.97 Å². The zero-order valence-electron chi connectivity index (χ0n) is 8.21. The van der Waals surface area contributed by atoms with E-state index in [-0.39, 0.29) is 0 Å². The molecule has 0 aliphatic carbocycles. The van der Waals surface area contributed by atoms with Gasteiger partial charge in [0.05, 0.1) is 5.75 Å². The number of nitrogens with zero attached hydrogens (tertiary/aromatic N) is 4. The van der Waals surface area contributed by atoms with Crippen LogP contribution in [0.25, 0.3) is 0 Å². The van der Waals surface area contributed by atoms with Crippen molar-refractivity contribution in [2.24, 2.45) is 14.1 Å². The third-order valence-corrected chi connectivity index (χ3v) is 3.08. The largest absolute Gasteiger partial charge is 0.337 e. The van der Waals surface area contributed by atoms with Gasteiger partial charge in [0.25, 0.3) is 0 Å². The van der Waals surface area contributed by atoms with E-state index in [1.807, 2.05) is 41.8 Å². The predicted octanol–water partition coefficient (Wildman–Crippen LogP) is 1.45. The molecule has 2 heterocycles. The molecule has 0 N–H and O–H groups in total. The minimum atomic E-state index is 0.856. The van der Waals surface area contributed by atoms with Gasteiger partial charge in [-0.1, -0.05) is 11.8 Å². The number of aryl methyl sites for hydroxylation is 2. The Balaban J connectivity index is 2.02. The lowest BCUT2D eigenvalue weighted by Crippen LogP contribution is -1.96. The number of hydrogen-bond acceptors (Lipinski definition) is 3. The maximum absolute atomic E-state index is 4.25. The highest BCUT2D eigenvalue weighted by atomic mass is 32.2. The normalized spacial score (nSPS) is 10.7. The van der Waals surface area contributed by atoms with Gasteiger partial charge in [0.2, 0.25) is 0 Å². The first-order valence-corrected chi connectivity index (χ1v) is 5.32. The molecule has 0 radical (unpaired) electrons. The molecular weight excluding hydrogens is 196 g/mol. The van der Waals surface area contributed by atoms with Gasteiger partial charge in [-0.3, -0.25) is 0 Å². The summed E-state index contributed by atoms with van der Waals surface area (Å²) in [4.78, 5) is 8.48. The lowest BCUT2D eigenvalue weighted by atomic mass is 10.7. The van der Waals surface area contributed by atoms with Crippen LogP contribution in [0.3, 0.4) is 0 Å². The van der Waals surface area contributed by atoms with Gasteiger partial charge in [-0.05, 0) is 0 Å².